The van der Waals surface area contributed by atoms with Crippen LogP contribution in [-0.4, -0.2) is 49.3 Å². The van der Waals surface area contributed by atoms with Crippen LogP contribution in [0.3, 0.4) is 0 Å². The van der Waals surface area contributed by atoms with Crippen LogP contribution < -0.4 is 5.73 Å². The fourth-order valence-electron chi connectivity index (χ4n) is 7.65. The predicted molar refractivity (Wildman–Crippen MR) is 339 cm³/mol. The van der Waals surface area contributed by atoms with Crippen LogP contribution in [0.2, 0.25) is 0 Å². The molecule has 0 bridgehead atoms. The average molecular weight is 1110 g/mol. The smallest absolute Gasteiger partial charge is 0.462 e. The summed E-state index contributed by atoms with van der Waals surface area (Å²) >= 11 is 0. The Hall–Kier alpha value is -4.63. The summed E-state index contributed by atoms with van der Waals surface area (Å²) in [5, 5.41) is 0. The summed E-state index contributed by atoms with van der Waals surface area (Å²) in [6.45, 7) is 3.46. The van der Waals surface area contributed by atoms with Gasteiger partial charge in [-0.05, 0) is 128 Å². The third kappa shape index (κ3) is 62.4. The van der Waals surface area contributed by atoms with Gasteiger partial charge in [0.2, 0.25) is 0 Å². The second-order valence-electron chi connectivity index (χ2n) is 19.5. The Kier molecular flexibility index (Phi) is 58.9. The van der Waals surface area contributed by atoms with Gasteiger partial charge in [0.15, 0.2) is 6.10 Å². The monoisotopic (exact) mass is 1110 g/mol. The van der Waals surface area contributed by atoms with Gasteiger partial charge in [-0.15, -0.1) is 0 Å². The summed E-state index contributed by atoms with van der Waals surface area (Å²) in [7, 11) is -4.41. The molecule has 444 valence electrons. The number of hydrogen-bond donors (Lipinski definition) is 2. The van der Waals surface area contributed by atoms with E-state index < -0.39 is 32.5 Å². The third-order valence-corrected chi connectivity index (χ3v) is 13.1. The van der Waals surface area contributed by atoms with Crippen LogP contribution >= 0.6 is 7.82 Å². The molecule has 0 aliphatic carbocycles. The predicted octanol–water partition coefficient (Wildman–Crippen LogP) is 19.8. The van der Waals surface area contributed by atoms with Crippen molar-refractivity contribution in [3.05, 3.63) is 170 Å². The summed E-state index contributed by atoms with van der Waals surface area (Å²) in [5.41, 5.74) is 5.38. The molecule has 0 aromatic carbocycles. The van der Waals surface area contributed by atoms with Crippen molar-refractivity contribution in [2.24, 2.45) is 5.73 Å². The number of allylic oxidation sites excluding steroid dienone is 28. The van der Waals surface area contributed by atoms with E-state index in [1.165, 1.54) is 38.5 Å². The average Bonchev–Trinajstić information content (AvgIpc) is 3.44. The molecule has 0 spiro atoms. The van der Waals surface area contributed by atoms with Gasteiger partial charge in [-0.2, -0.15) is 0 Å². The maximum absolute atomic E-state index is 12.7. The number of hydrogen-bond acceptors (Lipinski definition) is 8. The summed E-state index contributed by atoms with van der Waals surface area (Å²) < 4.78 is 33.0. The molecule has 0 radical (unpaired) electrons. The molecule has 3 N–H and O–H groups in total. The number of unbranched alkanes of at least 4 members (excludes halogenated alkanes) is 14. The maximum Gasteiger partial charge on any atom is 0.472 e. The molecule has 0 rings (SSSR count). The van der Waals surface area contributed by atoms with E-state index in [1.807, 2.05) is 0 Å². The highest BCUT2D eigenvalue weighted by Gasteiger charge is 2.26. The van der Waals surface area contributed by atoms with Crippen LogP contribution in [0.5, 0.6) is 0 Å². The van der Waals surface area contributed by atoms with Gasteiger partial charge in [-0.25, -0.2) is 4.57 Å². The molecule has 9 nitrogen and oxygen atoms in total. The first-order valence-electron chi connectivity index (χ1n) is 30.6. The van der Waals surface area contributed by atoms with Gasteiger partial charge in [0.1, 0.15) is 6.61 Å². The maximum atomic E-state index is 12.7. The van der Waals surface area contributed by atoms with Crippen LogP contribution in [0.1, 0.15) is 219 Å². The SMILES string of the molecule is CC/C=C\C/C=C\C/C=C\C/C=C\C/C=C\C/C=C\C/C=C\C/C=C\C/C=C\C/C=C\CCCCCCCCCCCCC(=O)OC(COC(=O)CCCCCC/C=C\C/C=C\C/C=C\C/C=C\CC)COP(=O)(O)OCCN. The Labute approximate surface area is 482 Å². The zero-order chi connectivity index (χ0) is 57.3. The fourth-order valence-corrected chi connectivity index (χ4v) is 8.42. The topological polar surface area (TPSA) is 134 Å². The minimum atomic E-state index is -4.41. The Bertz CT molecular complexity index is 1890. The van der Waals surface area contributed by atoms with Gasteiger partial charge in [0.25, 0.3) is 0 Å². The quantitative estimate of drug-likeness (QED) is 0.0264. The van der Waals surface area contributed by atoms with E-state index in [0.29, 0.717) is 12.8 Å². The van der Waals surface area contributed by atoms with Crippen LogP contribution in [0.15, 0.2) is 170 Å². The minimum absolute atomic E-state index is 0.0405. The standard InChI is InChI=1S/C69H110NO8P/c1-3-5-7-9-11-13-15-17-19-21-22-23-24-25-26-27-28-29-30-31-32-33-34-35-36-37-38-39-40-41-42-43-44-46-48-50-52-54-56-58-60-62-69(72)78-67(66-77-79(73,74)76-64-63-70)65-75-68(71)61-59-57-55-53-51-49-47-45-20-18-16-14-12-10-8-6-4-2/h5-8,11-14,17-20,22-23,25-26,28-29,31-32,34-35,37-38,40-41,47,49,67H,3-4,9-10,15-16,21,24,27,30,33,36,39,42-46,48,50-66,70H2,1-2H3,(H,73,74)/b7-5-,8-6-,13-11-,14-12-,19-17-,20-18-,23-22-,26-25-,29-28-,32-31-,35-34-,38-37-,41-40-,49-47-. The molecule has 0 saturated heterocycles. The lowest BCUT2D eigenvalue weighted by molar-refractivity contribution is -0.161. The number of nitrogens with two attached hydrogens (primary N) is 1. The molecule has 2 unspecified atom stereocenters. The summed E-state index contributed by atoms with van der Waals surface area (Å²) in [4.78, 5) is 35.2. The van der Waals surface area contributed by atoms with Crippen molar-refractivity contribution in [2.75, 3.05) is 26.4 Å². The van der Waals surface area contributed by atoms with E-state index >= 15 is 0 Å². The van der Waals surface area contributed by atoms with E-state index in [2.05, 4.69) is 184 Å². The first kappa shape index (κ1) is 74.4. The first-order chi connectivity index (χ1) is 38.8. The molecule has 10 heteroatoms. The second kappa shape index (κ2) is 62.6. The van der Waals surface area contributed by atoms with Gasteiger partial charge in [0, 0.05) is 19.4 Å². The van der Waals surface area contributed by atoms with Gasteiger partial charge < -0.3 is 20.1 Å². The number of esters is 2. The molecule has 0 aliphatic rings. The van der Waals surface area contributed by atoms with Crippen molar-refractivity contribution >= 4 is 19.8 Å². The third-order valence-electron chi connectivity index (χ3n) is 12.1. The zero-order valence-corrected chi connectivity index (χ0v) is 50.4. The number of rotatable bonds is 55. The molecule has 79 heavy (non-hydrogen) atoms. The van der Waals surface area contributed by atoms with E-state index in [0.717, 1.165) is 141 Å². The summed E-state index contributed by atoms with van der Waals surface area (Å²) in [5.74, 6) is -0.873. The Balaban J connectivity index is 3.99. The summed E-state index contributed by atoms with van der Waals surface area (Å²) in [6.07, 6.45) is 92.8. The molecule has 0 heterocycles. The van der Waals surface area contributed by atoms with Crippen molar-refractivity contribution in [1.82, 2.24) is 0 Å². The molecule has 2 atom stereocenters. The van der Waals surface area contributed by atoms with E-state index in [4.69, 9.17) is 24.3 Å². The Morgan fingerprint density at radius 3 is 0.975 bits per heavy atom. The molecule has 0 aromatic heterocycles. The molecule has 0 saturated carbocycles. The van der Waals surface area contributed by atoms with Crippen LogP contribution in [0.25, 0.3) is 0 Å². The number of phosphoric acid groups is 1. The molecular formula is C69H110NO8P. The highest BCUT2D eigenvalue weighted by molar-refractivity contribution is 7.47. The lowest BCUT2D eigenvalue weighted by Gasteiger charge is -2.19. The number of ether oxygens (including phenoxy) is 2. The highest BCUT2D eigenvalue weighted by Crippen LogP contribution is 2.43. The van der Waals surface area contributed by atoms with E-state index in [1.54, 1.807) is 0 Å². The van der Waals surface area contributed by atoms with Gasteiger partial charge >= 0.3 is 19.8 Å². The number of carbonyl (C=O) groups excluding carboxylic acids is 2. The Morgan fingerprint density at radius 2 is 0.658 bits per heavy atom. The summed E-state index contributed by atoms with van der Waals surface area (Å²) in [6, 6.07) is 0. The van der Waals surface area contributed by atoms with Gasteiger partial charge in [-0.3, -0.25) is 18.6 Å². The minimum Gasteiger partial charge on any atom is -0.462 e. The van der Waals surface area contributed by atoms with Crippen molar-refractivity contribution in [1.29, 1.82) is 0 Å². The van der Waals surface area contributed by atoms with Crippen molar-refractivity contribution in [3.8, 4) is 0 Å². The largest absolute Gasteiger partial charge is 0.472 e. The fraction of sp³-hybridized carbons (Fsp3) is 0.565. The molecule has 0 aliphatic heterocycles. The number of carbonyl (C=O) groups is 2. The Morgan fingerprint density at radius 1 is 0.380 bits per heavy atom. The van der Waals surface area contributed by atoms with E-state index in [-0.39, 0.29) is 32.6 Å². The molecular weight excluding hydrogens is 1000 g/mol. The van der Waals surface area contributed by atoms with E-state index in [9.17, 15) is 19.0 Å². The second-order valence-corrected chi connectivity index (χ2v) is 20.9. The molecule has 0 aromatic rings. The lowest BCUT2D eigenvalue weighted by Crippen LogP contribution is -2.29. The van der Waals surface area contributed by atoms with Gasteiger partial charge in [-0.1, -0.05) is 248 Å². The van der Waals surface area contributed by atoms with Crippen molar-refractivity contribution < 1.29 is 37.6 Å². The lowest BCUT2D eigenvalue weighted by atomic mass is 10.0. The van der Waals surface area contributed by atoms with Crippen LogP contribution in [0, 0.1) is 0 Å². The zero-order valence-electron chi connectivity index (χ0n) is 49.5. The highest BCUT2D eigenvalue weighted by atomic mass is 31.2. The molecule has 0 amide bonds. The molecule has 0 fully saturated rings. The van der Waals surface area contributed by atoms with Crippen LogP contribution in [0.4, 0.5) is 0 Å². The van der Waals surface area contributed by atoms with Crippen molar-refractivity contribution in [3.63, 3.8) is 0 Å². The van der Waals surface area contributed by atoms with Crippen molar-refractivity contribution in [2.45, 2.75) is 225 Å². The normalized spacial score (nSPS) is 14.2. The van der Waals surface area contributed by atoms with Crippen LogP contribution in [-0.2, 0) is 32.7 Å². The first-order valence-corrected chi connectivity index (χ1v) is 32.1. The van der Waals surface area contributed by atoms with Gasteiger partial charge in [0.05, 0.1) is 13.2 Å². The number of phosphoric ester groups is 1.